The molecule has 21 heavy (non-hydrogen) atoms. The van der Waals surface area contributed by atoms with E-state index in [4.69, 9.17) is 10.5 Å². The Bertz CT molecular complexity index is 445. The molecule has 116 valence electrons. The van der Waals surface area contributed by atoms with Crippen LogP contribution in [0.25, 0.3) is 0 Å². The number of nitrogens with two attached hydrogens (primary N) is 1. The summed E-state index contributed by atoms with van der Waals surface area (Å²) in [5, 5.41) is 0. The van der Waals surface area contributed by atoms with Crippen LogP contribution >= 0.6 is 0 Å². The lowest BCUT2D eigenvalue weighted by Gasteiger charge is -2.40. The second-order valence-electron chi connectivity index (χ2n) is 6.41. The van der Waals surface area contributed by atoms with E-state index < -0.39 is 0 Å². The van der Waals surface area contributed by atoms with Gasteiger partial charge in [-0.25, -0.2) is 4.98 Å². The average Bonchev–Trinajstić information content (AvgIpc) is 2.54. The van der Waals surface area contributed by atoms with E-state index in [0.29, 0.717) is 11.9 Å². The van der Waals surface area contributed by atoms with Crippen molar-refractivity contribution in [2.24, 2.45) is 0 Å². The van der Waals surface area contributed by atoms with Crippen LogP contribution in [0.3, 0.4) is 0 Å². The van der Waals surface area contributed by atoms with Crippen molar-refractivity contribution in [3.63, 3.8) is 0 Å². The number of nitrogen functional groups attached to an aromatic ring is 1. The number of ether oxygens (including phenoxy) is 1. The highest BCUT2D eigenvalue weighted by atomic mass is 16.5. The Labute approximate surface area is 127 Å². The molecule has 2 aliphatic rings. The first-order chi connectivity index (χ1) is 10.3. The molecule has 1 aliphatic carbocycles. The molecule has 0 aromatic carbocycles. The highest BCUT2D eigenvalue weighted by Gasteiger charge is 2.27. The molecule has 4 heteroatoms. The highest BCUT2D eigenvalue weighted by Crippen LogP contribution is 2.25. The largest absolute Gasteiger partial charge is 0.384 e. The normalized spacial score (nSPS) is 25.0. The average molecular weight is 289 g/mol. The smallest absolute Gasteiger partial charge is 0.123 e. The number of hydrogen-bond acceptors (Lipinski definition) is 4. The van der Waals surface area contributed by atoms with Gasteiger partial charge in [0.05, 0.1) is 12.7 Å². The number of nitrogens with zero attached hydrogens (tertiary/aromatic N) is 2. The maximum absolute atomic E-state index is 5.96. The Balaban J connectivity index is 1.49. The van der Waals surface area contributed by atoms with Crippen LogP contribution in [0, 0.1) is 0 Å². The minimum atomic E-state index is 0.370. The predicted molar refractivity (Wildman–Crippen MR) is 85.2 cm³/mol. The van der Waals surface area contributed by atoms with Crippen molar-refractivity contribution in [3.8, 4) is 0 Å². The summed E-state index contributed by atoms with van der Waals surface area (Å²) in [6.45, 7) is 3.11. The number of pyridine rings is 1. The Morgan fingerprint density at radius 3 is 2.95 bits per heavy atom. The maximum atomic E-state index is 5.96. The predicted octanol–water partition coefficient (Wildman–Crippen LogP) is 2.63. The Morgan fingerprint density at radius 2 is 2.14 bits per heavy atom. The van der Waals surface area contributed by atoms with E-state index in [0.717, 1.165) is 38.6 Å². The van der Waals surface area contributed by atoms with Crippen molar-refractivity contribution < 1.29 is 4.74 Å². The monoisotopic (exact) mass is 289 g/mol. The first kappa shape index (κ1) is 14.8. The molecule has 1 aromatic heterocycles. The molecular weight excluding hydrogens is 262 g/mol. The summed E-state index contributed by atoms with van der Waals surface area (Å²) in [5.74, 6) is 0.612. The maximum Gasteiger partial charge on any atom is 0.123 e. The van der Waals surface area contributed by atoms with Gasteiger partial charge in [0, 0.05) is 25.3 Å². The third kappa shape index (κ3) is 4.17. The fraction of sp³-hybridized carbons (Fsp3) is 0.706. The molecule has 2 N–H and O–H groups in total. The fourth-order valence-corrected chi connectivity index (χ4v) is 3.67. The van der Waals surface area contributed by atoms with Gasteiger partial charge in [0.1, 0.15) is 5.82 Å². The molecule has 3 rings (SSSR count). The van der Waals surface area contributed by atoms with Crippen LogP contribution in [0.5, 0.6) is 0 Å². The van der Waals surface area contributed by atoms with Crippen LogP contribution in [0.2, 0.25) is 0 Å². The second kappa shape index (κ2) is 7.23. The number of morpholine rings is 1. The van der Waals surface area contributed by atoms with Crippen molar-refractivity contribution >= 4 is 5.82 Å². The molecule has 0 amide bonds. The lowest BCUT2D eigenvalue weighted by atomic mass is 9.93. The molecule has 0 bridgehead atoms. The molecule has 0 spiro atoms. The lowest BCUT2D eigenvalue weighted by Crippen LogP contribution is -2.48. The second-order valence-corrected chi connectivity index (χ2v) is 6.41. The molecule has 1 aromatic rings. The standard InChI is InChI=1S/C17H27N3O/c18-17-12-14(8-9-19-17)6-7-16-13-20(10-11-21-16)15-4-2-1-3-5-15/h8-9,12,15-16H,1-7,10-11,13H2,(H2,18,19). The van der Waals surface area contributed by atoms with Gasteiger partial charge in [0.25, 0.3) is 0 Å². The van der Waals surface area contributed by atoms with Crippen LogP contribution in [0.4, 0.5) is 5.82 Å². The Morgan fingerprint density at radius 1 is 1.29 bits per heavy atom. The molecule has 1 atom stereocenters. The quantitative estimate of drug-likeness (QED) is 0.926. The lowest BCUT2D eigenvalue weighted by molar-refractivity contribution is -0.0509. The van der Waals surface area contributed by atoms with E-state index >= 15 is 0 Å². The molecule has 4 nitrogen and oxygen atoms in total. The summed E-state index contributed by atoms with van der Waals surface area (Å²) in [7, 11) is 0. The summed E-state index contributed by atoms with van der Waals surface area (Å²) >= 11 is 0. The van der Waals surface area contributed by atoms with Crippen molar-refractivity contribution in [2.75, 3.05) is 25.4 Å². The zero-order valence-corrected chi connectivity index (χ0v) is 12.8. The Kier molecular flexibility index (Phi) is 5.09. The van der Waals surface area contributed by atoms with E-state index in [1.165, 1.54) is 37.7 Å². The van der Waals surface area contributed by atoms with E-state index in [9.17, 15) is 0 Å². The van der Waals surface area contributed by atoms with Gasteiger partial charge in [-0.15, -0.1) is 0 Å². The van der Waals surface area contributed by atoms with Crippen molar-refractivity contribution in [2.45, 2.75) is 57.1 Å². The third-order valence-electron chi connectivity index (χ3n) is 4.86. The molecular formula is C17H27N3O. The topological polar surface area (TPSA) is 51.4 Å². The summed E-state index contributed by atoms with van der Waals surface area (Å²) in [6, 6.07) is 4.83. The fourth-order valence-electron chi connectivity index (χ4n) is 3.67. The minimum Gasteiger partial charge on any atom is -0.384 e. The van der Waals surface area contributed by atoms with Gasteiger partial charge >= 0.3 is 0 Å². The third-order valence-corrected chi connectivity index (χ3v) is 4.86. The SMILES string of the molecule is Nc1cc(CCC2CN(C3CCCCC3)CCO2)ccn1. The van der Waals surface area contributed by atoms with E-state index in [2.05, 4.69) is 16.0 Å². The van der Waals surface area contributed by atoms with Gasteiger partial charge in [0.2, 0.25) is 0 Å². The van der Waals surface area contributed by atoms with Crippen molar-refractivity contribution in [1.82, 2.24) is 9.88 Å². The summed E-state index contributed by atoms with van der Waals surface area (Å²) < 4.78 is 5.96. The van der Waals surface area contributed by atoms with Crippen LogP contribution in [-0.4, -0.2) is 41.7 Å². The number of hydrogen-bond donors (Lipinski definition) is 1. The molecule has 0 radical (unpaired) electrons. The zero-order chi connectivity index (χ0) is 14.5. The van der Waals surface area contributed by atoms with Gasteiger partial charge in [-0.2, -0.15) is 0 Å². The first-order valence-corrected chi connectivity index (χ1v) is 8.37. The van der Waals surface area contributed by atoms with Crippen LogP contribution in [0.1, 0.15) is 44.1 Å². The van der Waals surface area contributed by atoms with E-state index in [1.807, 2.05) is 6.07 Å². The molecule has 2 heterocycles. The molecule has 2 fully saturated rings. The number of anilines is 1. The number of aryl methyl sites for hydroxylation is 1. The summed E-state index contributed by atoms with van der Waals surface area (Å²) in [4.78, 5) is 6.72. The van der Waals surface area contributed by atoms with Crippen LogP contribution in [0.15, 0.2) is 18.3 Å². The number of aromatic nitrogens is 1. The molecule has 1 saturated carbocycles. The van der Waals surface area contributed by atoms with Gasteiger partial charge in [-0.3, -0.25) is 4.90 Å². The van der Waals surface area contributed by atoms with E-state index in [-0.39, 0.29) is 0 Å². The van der Waals surface area contributed by atoms with Gasteiger partial charge in [-0.1, -0.05) is 19.3 Å². The highest BCUT2D eigenvalue weighted by molar-refractivity contribution is 5.31. The van der Waals surface area contributed by atoms with Crippen LogP contribution < -0.4 is 5.73 Å². The van der Waals surface area contributed by atoms with Gasteiger partial charge in [0.15, 0.2) is 0 Å². The first-order valence-electron chi connectivity index (χ1n) is 8.37. The molecule has 1 aliphatic heterocycles. The van der Waals surface area contributed by atoms with E-state index in [1.54, 1.807) is 6.20 Å². The number of rotatable bonds is 4. The summed E-state index contributed by atoms with van der Waals surface area (Å²) in [6.07, 6.45) is 11.3. The van der Waals surface area contributed by atoms with Gasteiger partial charge < -0.3 is 10.5 Å². The zero-order valence-electron chi connectivity index (χ0n) is 12.8. The molecule has 1 unspecified atom stereocenters. The van der Waals surface area contributed by atoms with Crippen molar-refractivity contribution in [3.05, 3.63) is 23.9 Å². The van der Waals surface area contributed by atoms with Crippen LogP contribution in [-0.2, 0) is 11.2 Å². The molecule has 1 saturated heterocycles. The van der Waals surface area contributed by atoms with Gasteiger partial charge in [-0.05, 0) is 43.4 Å². The summed E-state index contributed by atoms with van der Waals surface area (Å²) in [5.41, 5.74) is 7.00. The minimum absolute atomic E-state index is 0.370. The van der Waals surface area contributed by atoms with Crippen molar-refractivity contribution in [1.29, 1.82) is 0 Å². The Hall–Kier alpha value is -1.13.